The highest BCUT2D eigenvalue weighted by Crippen LogP contribution is 2.44. The average Bonchev–Trinajstić information content (AvgIpc) is 2.69. The Morgan fingerprint density at radius 1 is 0.833 bits per heavy atom. The molecular weight excluding hydrogens is 240 g/mol. The Balaban J connectivity index is 1.83. The molecule has 18 heavy (non-hydrogen) atoms. The fraction of sp³-hybridized carbons (Fsp3) is 1.00. The van der Waals surface area contributed by atoms with Crippen molar-refractivity contribution in [3.05, 3.63) is 0 Å². The van der Waals surface area contributed by atoms with Crippen LogP contribution in [0.5, 0.6) is 0 Å². The van der Waals surface area contributed by atoms with E-state index in [0.717, 1.165) is 0 Å². The van der Waals surface area contributed by atoms with Gasteiger partial charge in [-0.3, -0.25) is 0 Å². The summed E-state index contributed by atoms with van der Waals surface area (Å²) >= 11 is 0. The number of aliphatic hydroxyl groups is 1. The van der Waals surface area contributed by atoms with Gasteiger partial charge in [0.05, 0.1) is 6.61 Å². The van der Waals surface area contributed by atoms with Crippen molar-refractivity contribution in [1.82, 2.24) is 0 Å². The minimum atomic E-state index is -0.761. The van der Waals surface area contributed by atoms with Crippen molar-refractivity contribution in [2.45, 2.75) is 70.0 Å². The maximum Gasteiger partial charge on any atom is 0.190 e. The van der Waals surface area contributed by atoms with Gasteiger partial charge in [-0.25, -0.2) is 0 Å². The molecule has 1 N–H and O–H groups in total. The minimum absolute atomic E-state index is 0.114. The predicted octanol–water partition coefficient (Wildman–Crippen LogP) is 0.375. The molecule has 104 valence electrons. The van der Waals surface area contributed by atoms with Crippen LogP contribution < -0.4 is 0 Å². The molecule has 3 rings (SSSR count). The van der Waals surface area contributed by atoms with Crippen molar-refractivity contribution >= 4 is 0 Å². The molecule has 3 aliphatic rings. The average molecular weight is 260 g/mol. The molecule has 0 aromatic carbocycles. The Kier molecular flexibility index (Phi) is 2.75. The molecule has 6 heteroatoms. The summed E-state index contributed by atoms with van der Waals surface area (Å²) < 4.78 is 28.8. The summed E-state index contributed by atoms with van der Waals surface area (Å²) in [5, 5.41) is 9.39. The monoisotopic (exact) mass is 260 g/mol. The number of hydrogen-bond acceptors (Lipinski definition) is 6. The van der Waals surface area contributed by atoms with E-state index in [2.05, 4.69) is 0 Å². The van der Waals surface area contributed by atoms with Crippen LogP contribution in [0.2, 0.25) is 0 Å². The van der Waals surface area contributed by atoms with Crippen LogP contribution in [0.15, 0.2) is 0 Å². The lowest BCUT2D eigenvalue weighted by atomic mass is 10.0. The molecule has 0 aliphatic carbocycles. The highest BCUT2D eigenvalue weighted by molar-refractivity contribution is 5.00. The van der Waals surface area contributed by atoms with Gasteiger partial charge in [-0.05, 0) is 27.7 Å². The fourth-order valence-electron chi connectivity index (χ4n) is 2.87. The molecule has 0 spiro atoms. The molecule has 0 unspecified atom stereocenters. The second kappa shape index (κ2) is 3.88. The molecule has 3 heterocycles. The van der Waals surface area contributed by atoms with Crippen molar-refractivity contribution in [3.8, 4) is 0 Å². The molecule has 0 saturated carbocycles. The van der Waals surface area contributed by atoms with Gasteiger partial charge in [0.15, 0.2) is 17.9 Å². The summed E-state index contributed by atoms with van der Waals surface area (Å²) in [7, 11) is 0. The second-order valence-electron chi connectivity index (χ2n) is 5.89. The van der Waals surface area contributed by atoms with Crippen molar-refractivity contribution in [2.24, 2.45) is 0 Å². The van der Waals surface area contributed by atoms with Crippen LogP contribution in [0, 0.1) is 0 Å². The third-order valence-corrected chi connectivity index (χ3v) is 3.43. The zero-order valence-corrected chi connectivity index (χ0v) is 11.1. The Labute approximate surface area is 106 Å². The first-order chi connectivity index (χ1) is 8.31. The Bertz CT molecular complexity index is 341. The maximum absolute atomic E-state index is 9.39. The fourth-order valence-corrected chi connectivity index (χ4v) is 2.87. The standard InChI is InChI=1S/C12H20O6/c1-11(2)15-6(5-13)7-8(16-11)9-10(14-7)18-12(3,4)17-9/h6-10,13H,5H2,1-4H3/t6-,7-,8+,9+,10+/m1/s1. The molecular formula is C12H20O6. The molecule has 0 aromatic rings. The van der Waals surface area contributed by atoms with Crippen molar-refractivity contribution in [1.29, 1.82) is 0 Å². The molecule has 6 nitrogen and oxygen atoms in total. The molecule has 0 radical (unpaired) electrons. The molecule has 3 fully saturated rings. The number of fused-ring (bicyclic) bond motifs is 3. The molecule has 5 atom stereocenters. The minimum Gasteiger partial charge on any atom is -0.394 e. The van der Waals surface area contributed by atoms with E-state index in [1.54, 1.807) is 0 Å². The molecule has 3 saturated heterocycles. The molecule has 0 aromatic heterocycles. The van der Waals surface area contributed by atoms with E-state index in [1.165, 1.54) is 0 Å². The summed E-state index contributed by atoms with van der Waals surface area (Å²) in [4.78, 5) is 0. The van der Waals surface area contributed by atoms with E-state index in [1.807, 2.05) is 27.7 Å². The lowest BCUT2D eigenvalue weighted by molar-refractivity contribution is -0.347. The number of hydrogen-bond donors (Lipinski definition) is 1. The molecule has 3 aliphatic heterocycles. The second-order valence-corrected chi connectivity index (χ2v) is 5.89. The van der Waals surface area contributed by atoms with E-state index >= 15 is 0 Å². The van der Waals surface area contributed by atoms with Crippen LogP contribution in [-0.2, 0) is 23.7 Å². The van der Waals surface area contributed by atoms with E-state index in [0.29, 0.717) is 0 Å². The van der Waals surface area contributed by atoms with Crippen molar-refractivity contribution < 1.29 is 28.8 Å². The van der Waals surface area contributed by atoms with Gasteiger partial charge in [0, 0.05) is 0 Å². The zero-order valence-electron chi connectivity index (χ0n) is 11.1. The Hall–Kier alpha value is -0.240. The lowest BCUT2D eigenvalue weighted by Gasteiger charge is -2.43. The predicted molar refractivity (Wildman–Crippen MR) is 59.6 cm³/mol. The van der Waals surface area contributed by atoms with Crippen LogP contribution in [0.3, 0.4) is 0 Å². The highest BCUT2D eigenvalue weighted by atomic mass is 16.9. The summed E-state index contributed by atoms with van der Waals surface area (Å²) in [5.41, 5.74) is 0. The normalized spacial score (nSPS) is 48.8. The van der Waals surface area contributed by atoms with Crippen LogP contribution in [0.25, 0.3) is 0 Å². The first-order valence-electron chi connectivity index (χ1n) is 6.29. The van der Waals surface area contributed by atoms with Crippen LogP contribution in [-0.4, -0.2) is 54.0 Å². The third-order valence-electron chi connectivity index (χ3n) is 3.43. The molecule has 0 amide bonds. The summed E-state index contributed by atoms with van der Waals surface area (Å²) in [6, 6.07) is 0. The summed E-state index contributed by atoms with van der Waals surface area (Å²) in [6.07, 6.45) is -1.78. The molecule has 0 bridgehead atoms. The van der Waals surface area contributed by atoms with Gasteiger partial charge in [-0.15, -0.1) is 0 Å². The van der Waals surface area contributed by atoms with Crippen molar-refractivity contribution in [2.75, 3.05) is 6.61 Å². The Morgan fingerprint density at radius 2 is 1.44 bits per heavy atom. The third kappa shape index (κ3) is 1.97. The summed E-state index contributed by atoms with van der Waals surface area (Å²) in [6.45, 7) is 7.21. The summed E-state index contributed by atoms with van der Waals surface area (Å²) in [5.74, 6) is -1.43. The van der Waals surface area contributed by atoms with Crippen molar-refractivity contribution in [3.63, 3.8) is 0 Å². The topological polar surface area (TPSA) is 66.4 Å². The smallest absolute Gasteiger partial charge is 0.190 e. The zero-order chi connectivity index (χ0) is 13.1. The van der Waals surface area contributed by atoms with Gasteiger partial charge in [0.25, 0.3) is 0 Å². The van der Waals surface area contributed by atoms with Gasteiger partial charge in [0.1, 0.15) is 24.4 Å². The highest BCUT2D eigenvalue weighted by Gasteiger charge is 2.60. The largest absolute Gasteiger partial charge is 0.394 e. The first kappa shape index (κ1) is 12.8. The van der Waals surface area contributed by atoms with E-state index in [4.69, 9.17) is 23.7 Å². The Morgan fingerprint density at radius 3 is 2.11 bits per heavy atom. The first-order valence-corrected chi connectivity index (χ1v) is 6.29. The maximum atomic E-state index is 9.39. The van der Waals surface area contributed by atoms with E-state index in [9.17, 15) is 5.11 Å². The van der Waals surface area contributed by atoms with E-state index < -0.39 is 24.0 Å². The van der Waals surface area contributed by atoms with Crippen LogP contribution >= 0.6 is 0 Å². The van der Waals surface area contributed by atoms with Gasteiger partial charge < -0.3 is 28.8 Å². The van der Waals surface area contributed by atoms with E-state index in [-0.39, 0.29) is 24.9 Å². The number of aliphatic hydroxyl groups excluding tert-OH is 1. The van der Waals surface area contributed by atoms with Crippen LogP contribution in [0.4, 0.5) is 0 Å². The lowest BCUT2D eigenvalue weighted by Crippen LogP contribution is -2.56. The van der Waals surface area contributed by atoms with Gasteiger partial charge in [-0.2, -0.15) is 0 Å². The van der Waals surface area contributed by atoms with Gasteiger partial charge in [-0.1, -0.05) is 0 Å². The number of rotatable bonds is 1. The quantitative estimate of drug-likeness (QED) is 0.735. The van der Waals surface area contributed by atoms with Gasteiger partial charge in [0.2, 0.25) is 0 Å². The SMILES string of the molecule is CC1(C)O[C@@H]2O[C@H]3[C@H](OC(C)(C)O[C@@H]3CO)[C@@H]2O1. The number of ether oxygens (including phenoxy) is 5. The van der Waals surface area contributed by atoms with Crippen LogP contribution in [0.1, 0.15) is 27.7 Å². The van der Waals surface area contributed by atoms with Gasteiger partial charge >= 0.3 is 0 Å².